The zero-order chi connectivity index (χ0) is 32.0. The van der Waals surface area contributed by atoms with Gasteiger partial charge in [-0.05, 0) is 78.7 Å². The van der Waals surface area contributed by atoms with E-state index in [0.717, 1.165) is 0 Å². The van der Waals surface area contributed by atoms with E-state index < -0.39 is 11.9 Å². The van der Waals surface area contributed by atoms with Gasteiger partial charge in [-0.25, -0.2) is 0 Å². The van der Waals surface area contributed by atoms with Crippen LogP contribution in [0.5, 0.6) is 5.75 Å². The second-order valence-corrected chi connectivity index (χ2v) is 10.8. The van der Waals surface area contributed by atoms with Crippen molar-refractivity contribution in [3.63, 3.8) is 0 Å². The third kappa shape index (κ3) is 7.52. The largest absolute Gasteiger partial charge is 0.550 e. The standard InChI is InChI=1S/C19H16ClNO4.C14H11Cl2NO2/c1-11-15(10-18(22)23)16-9-14(25-2)7-8-17(16)21(11)19(24)12-3-5-13(20)6-4-12;15-10-5-3-6-11(16)14(10)17-12-7-2-1-4-9(12)8-13(18)19/h3-9H,10H2,1-2H3,(H,22,23);1-7,17H,8H2,(H,18,19)/p-1. The molecule has 4 aromatic carbocycles. The summed E-state index contributed by atoms with van der Waals surface area (Å²) in [5, 5.41) is 25.2. The fraction of sp³-hybridized carbons (Fsp3) is 0.121. The van der Waals surface area contributed by atoms with Crippen molar-refractivity contribution in [3.8, 4) is 5.75 Å². The molecule has 226 valence electrons. The number of hydrogen-bond acceptors (Lipinski definition) is 6. The Balaban J connectivity index is 0.000000209. The van der Waals surface area contributed by atoms with Gasteiger partial charge in [-0.2, -0.15) is 0 Å². The Kier molecular flexibility index (Phi) is 10.5. The van der Waals surface area contributed by atoms with Gasteiger partial charge in [0.05, 0.1) is 34.8 Å². The van der Waals surface area contributed by atoms with Crippen LogP contribution in [0.1, 0.15) is 27.2 Å². The summed E-state index contributed by atoms with van der Waals surface area (Å²) in [4.78, 5) is 35.0. The molecule has 1 aromatic heterocycles. The zero-order valence-electron chi connectivity index (χ0n) is 23.6. The van der Waals surface area contributed by atoms with E-state index in [1.807, 2.05) is 0 Å². The van der Waals surface area contributed by atoms with Crippen LogP contribution in [-0.4, -0.2) is 34.6 Å². The van der Waals surface area contributed by atoms with Gasteiger partial charge in [0.25, 0.3) is 5.91 Å². The van der Waals surface area contributed by atoms with E-state index in [4.69, 9.17) is 39.5 Å². The van der Waals surface area contributed by atoms with Crippen LogP contribution in [-0.2, 0) is 22.4 Å². The van der Waals surface area contributed by atoms with Crippen LogP contribution in [0.3, 0.4) is 0 Å². The van der Waals surface area contributed by atoms with Crippen LogP contribution in [0.25, 0.3) is 10.9 Å². The first-order valence-electron chi connectivity index (χ1n) is 13.2. The first kappa shape index (κ1) is 32.4. The average Bonchev–Trinajstić information content (AvgIpc) is 3.25. The number of methoxy groups -OCH3 is 1. The van der Waals surface area contributed by atoms with Gasteiger partial charge in [0.15, 0.2) is 0 Å². The van der Waals surface area contributed by atoms with E-state index in [9.17, 15) is 24.6 Å². The van der Waals surface area contributed by atoms with Crippen molar-refractivity contribution in [2.45, 2.75) is 19.8 Å². The topological polar surface area (TPSA) is 121 Å². The van der Waals surface area contributed by atoms with Crippen LogP contribution < -0.4 is 15.2 Å². The van der Waals surface area contributed by atoms with Crippen LogP contribution in [0.4, 0.5) is 11.4 Å². The molecule has 0 amide bonds. The van der Waals surface area contributed by atoms with Gasteiger partial charge < -0.3 is 25.1 Å². The number of para-hydroxylation sites is 2. The number of anilines is 2. The van der Waals surface area contributed by atoms with Gasteiger partial charge >= 0.3 is 5.97 Å². The van der Waals surface area contributed by atoms with Crippen molar-refractivity contribution >= 4 is 74.9 Å². The highest BCUT2D eigenvalue weighted by atomic mass is 35.5. The number of carboxylic acids is 2. The molecule has 0 bridgehead atoms. The van der Waals surface area contributed by atoms with Gasteiger partial charge in [-0.3, -0.25) is 14.2 Å². The smallest absolute Gasteiger partial charge is 0.307 e. The number of hydrogen-bond donors (Lipinski definition) is 2. The summed E-state index contributed by atoms with van der Waals surface area (Å²) < 4.78 is 6.77. The van der Waals surface area contributed by atoms with Crippen molar-refractivity contribution in [1.82, 2.24) is 4.57 Å². The minimum atomic E-state index is -1.14. The summed E-state index contributed by atoms with van der Waals surface area (Å²) in [5.41, 5.74) is 4.13. The molecule has 11 heteroatoms. The first-order valence-corrected chi connectivity index (χ1v) is 14.3. The quantitative estimate of drug-likeness (QED) is 0.186. The van der Waals surface area contributed by atoms with E-state index in [1.54, 1.807) is 99.0 Å². The van der Waals surface area contributed by atoms with E-state index in [-0.39, 0.29) is 18.7 Å². The SMILES string of the molecule is COc1ccc2c(c1)c(CC(=O)O)c(C)n2C(=O)c1ccc(Cl)cc1.O=C([O-])Cc1ccccc1Nc1c(Cl)cccc1Cl. The third-order valence-electron chi connectivity index (χ3n) is 6.74. The Hall–Kier alpha value is -4.50. The number of aromatic nitrogens is 1. The minimum Gasteiger partial charge on any atom is -0.550 e. The molecule has 0 aliphatic carbocycles. The molecule has 0 unspecified atom stereocenters. The predicted octanol–water partition coefficient (Wildman–Crippen LogP) is 6.96. The number of ether oxygens (including phenoxy) is 1. The molecule has 0 aliphatic heterocycles. The highest BCUT2D eigenvalue weighted by Gasteiger charge is 2.21. The van der Waals surface area contributed by atoms with Crippen LogP contribution >= 0.6 is 34.8 Å². The Morgan fingerprint density at radius 2 is 1.55 bits per heavy atom. The molecule has 5 rings (SSSR count). The van der Waals surface area contributed by atoms with Crippen LogP contribution in [0.2, 0.25) is 15.1 Å². The highest BCUT2D eigenvalue weighted by molar-refractivity contribution is 6.39. The van der Waals surface area contributed by atoms with Gasteiger partial charge in [0.1, 0.15) is 5.75 Å². The van der Waals surface area contributed by atoms with E-state index >= 15 is 0 Å². The number of carboxylic acid groups (broad SMARTS) is 2. The Labute approximate surface area is 268 Å². The molecule has 0 spiro atoms. The van der Waals surface area contributed by atoms with Gasteiger partial charge in [-0.1, -0.05) is 59.1 Å². The number of fused-ring (bicyclic) bond motifs is 1. The molecule has 8 nitrogen and oxygen atoms in total. The molecule has 0 saturated carbocycles. The molecule has 1 heterocycles. The summed E-state index contributed by atoms with van der Waals surface area (Å²) in [6.07, 6.45) is -0.346. The van der Waals surface area contributed by atoms with Gasteiger partial charge in [0.2, 0.25) is 0 Å². The monoisotopic (exact) mass is 651 g/mol. The fourth-order valence-electron chi connectivity index (χ4n) is 4.65. The lowest BCUT2D eigenvalue weighted by Gasteiger charge is -2.14. The molecule has 5 aromatic rings. The predicted molar refractivity (Wildman–Crippen MR) is 171 cm³/mol. The summed E-state index contributed by atoms with van der Waals surface area (Å²) in [6, 6.07) is 24.0. The van der Waals surface area contributed by atoms with Gasteiger partial charge in [-0.15, -0.1) is 0 Å². The molecule has 44 heavy (non-hydrogen) atoms. The summed E-state index contributed by atoms with van der Waals surface area (Å²) in [7, 11) is 1.54. The van der Waals surface area contributed by atoms with E-state index in [1.165, 1.54) is 4.57 Å². The molecule has 2 N–H and O–H groups in total. The van der Waals surface area contributed by atoms with Crippen molar-refractivity contribution in [2.24, 2.45) is 0 Å². The summed E-state index contributed by atoms with van der Waals surface area (Å²) >= 11 is 18.0. The number of carbonyl (C=O) groups excluding carboxylic acids is 2. The Morgan fingerprint density at radius 1 is 0.886 bits per heavy atom. The van der Waals surface area contributed by atoms with Crippen molar-refractivity contribution in [2.75, 3.05) is 12.4 Å². The van der Waals surface area contributed by atoms with Crippen molar-refractivity contribution in [1.29, 1.82) is 0 Å². The Morgan fingerprint density at radius 3 is 2.16 bits per heavy atom. The molecule has 0 atom stereocenters. The van der Waals surface area contributed by atoms with Crippen molar-refractivity contribution < 1.29 is 29.3 Å². The summed E-state index contributed by atoms with van der Waals surface area (Å²) in [5.74, 6) is -1.72. The maximum absolute atomic E-state index is 13.0. The number of benzene rings is 4. The second-order valence-electron chi connectivity index (χ2n) is 9.59. The maximum atomic E-state index is 13.0. The number of rotatable bonds is 8. The molecule has 0 aliphatic rings. The molecule has 0 saturated heterocycles. The third-order valence-corrected chi connectivity index (χ3v) is 7.62. The maximum Gasteiger partial charge on any atom is 0.307 e. The number of aliphatic carboxylic acids is 2. The van der Waals surface area contributed by atoms with Crippen LogP contribution in [0, 0.1) is 6.92 Å². The second kappa shape index (κ2) is 14.3. The lowest BCUT2D eigenvalue weighted by Crippen LogP contribution is -2.24. The number of nitrogens with zero attached hydrogens (tertiary/aromatic N) is 1. The number of halogens is 3. The first-order chi connectivity index (χ1) is 21.0. The summed E-state index contributed by atoms with van der Waals surface area (Å²) in [6.45, 7) is 1.75. The average molecular weight is 653 g/mol. The molecular weight excluding hydrogens is 627 g/mol. The van der Waals surface area contributed by atoms with Crippen molar-refractivity contribution in [3.05, 3.63) is 122 Å². The molecular formula is C33H26Cl3N2O6-. The highest BCUT2D eigenvalue weighted by Crippen LogP contribution is 2.34. The number of carbonyl (C=O) groups is 3. The Bertz CT molecular complexity index is 1830. The normalized spacial score (nSPS) is 10.6. The number of nitrogens with one attached hydrogen (secondary N) is 1. The fourth-order valence-corrected chi connectivity index (χ4v) is 5.27. The minimum absolute atomic E-state index is 0.170. The molecule has 0 fully saturated rings. The molecule has 0 radical (unpaired) electrons. The van der Waals surface area contributed by atoms with E-state index in [2.05, 4.69) is 5.32 Å². The lowest BCUT2D eigenvalue weighted by atomic mass is 10.1. The zero-order valence-corrected chi connectivity index (χ0v) is 25.8. The van der Waals surface area contributed by atoms with Crippen LogP contribution in [0.15, 0.2) is 84.9 Å². The lowest BCUT2D eigenvalue weighted by molar-refractivity contribution is -0.304. The van der Waals surface area contributed by atoms with E-state index in [0.29, 0.717) is 65.5 Å². The van der Waals surface area contributed by atoms with Gasteiger partial charge in [0, 0.05) is 39.7 Å².